The number of para-hydroxylation sites is 2. The number of rotatable bonds is 4. The van der Waals surface area contributed by atoms with Crippen LogP contribution < -0.4 is 10.6 Å². The number of hydrogen-bond donors (Lipinski definition) is 3. The van der Waals surface area contributed by atoms with Crippen molar-refractivity contribution in [2.45, 2.75) is 13.8 Å². The zero-order valence-electron chi connectivity index (χ0n) is 14.0. The second-order valence-corrected chi connectivity index (χ2v) is 5.71. The minimum atomic E-state index is -0.458. The van der Waals surface area contributed by atoms with Crippen molar-refractivity contribution in [2.24, 2.45) is 4.99 Å². The number of thiocarbonyl (C=S) groups is 1. The van der Waals surface area contributed by atoms with Gasteiger partial charge in [-0.2, -0.15) is 0 Å². The summed E-state index contributed by atoms with van der Waals surface area (Å²) in [6.07, 6.45) is 1.25. The number of benzene rings is 2. The predicted molar refractivity (Wildman–Crippen MR) is 106 cm³/mol. The number of hydrogen-bond acceptors (Lipinski definition) is 3. The summed E-state index contributed by atoms with van der Waals surface area (Å²) in [5, 5.41) is 15.7. The van der Waals surface area contributed by atoms with Crippen LogP contribution in [-0.2, 0) is 4.79 Å². The molecule has 0 aliphatic rings. The molecular weight excluding hydrogens is 334 g/mol. The molecule has 3 N–H and O–H groups in total. The van der Waals surface area contributed by atoms with Gasteiger partial charge in [0, 0.05) is 17.6 Å². The standard InChI is InChI=1S/C19H19N3O2S/c1-13-8-6-7-11-17(13)22-18(24)16(14(2)23)12-20-19(25)21-15-9-4-3-5-10-15/h3-12,23H,1-2H3,(H,21,25)(H,22,24)/b16-14-,20-12+. The Kier molecular flexibility index (Phi) is 6.42. The normalized spacial score (nSPS) is 11.8. The number of aliphatic hydroxyl groups excluding tert-OH is 1. The van der Waals surface area contributed by atoms with E-state index in [1.807, 2.05) is 55.5 Å². The smallest absolute Gasteiger partial charge is 0.260 e. The molecule has 6 heteroatoms. The summed E-state index contributed by atoms with van der Waals surface area (Å²) in [5.74, 6) is -0.599. The van der Waals surface area contributed by atoms with E-state index in [9.17, 15) is 9.90 Å². The van der Waals surface area contributed by atoms with E-state index in [1.54, 1.807) is 6.07 Å². The first-order chi connectivity index (χ1) is 12.0. The Morgan fingerprint density at radius 2 is 1.72 bits per heavy atom. The molecule has 0 unspecified atom stereocenters. The van der Waals surface area contributed by atoms with E-state index < -0.39 is 5.91 Å². The van der Waals surface area contributed by atoms with Crippen LogP contribution in [0.4, 0.5) is 11.4 Å². The number of amides is 1. The second kappa shape index (κ2) is 8.75. The zero-order chi connectivity index (χ0) is 18.2. The van der Waals surface area contributed by atoms with Crippen molar-refractivity contribution >= 4 is 40.8 Å². The number of aryl methyl sites for hydroxylation is 1. The van der Waals surface area contributed by atoms with Crippen LogP contribution in [0.25, 0.3) is 0 Å². The highest BCUT2D eigenvalue weighted by atomic mass is 32.1. The Labute approximate surface area is 152 Å². The van der Waals surface area contributed by atoms with E-state index in [-0.39, 0.29) is 16.4 Å². The van der Waals surface area contributed by atoms with E-state index in [2.05, 4.69) is 15.6 Å². The van der Waals surface area contributed by atoms with Crippen LogP contribution in [0.2, 0.25) is 0 Å². The van der Waals surface area contributed by atoms with Crippen molar-refractivity contribution in [1.29, 1.82) is 0 Å². The first-order valence-corrected chi connectivity index (χ1v) is 8.05. The van der Waals surface area contributed by atoms with E-state index in [4.69, 9.17) is 12.2 Å². The number of anilines is 2. The Bertz CT molecular complexity index is 826. The Hall–Kier alpha value is -2.99. The first-order valence-electron chi connectivity index (χ1n) is 7.64. The molecule has 0 aliphatic carbocycles. The summed E-state index contributed by atoms with van der Waals surface area (Å²) in [5.41, 5.74) is 2.43. The fourth-order valence-electron chi connectivity index (χ4n) is 2.02. The lowest BCUT2D eigenvalue weighted by Gasteiger charge is -2.09. The van der Waals surface area contributed by atoms with E-state index >= 15 is 0 Å². The van der Waals surface area contributed by atoms with Gasteiger partial charge in [0.1, 0.15) is 5.76 Å². The van der Waals surface area contributed by atoms with Crippen LogP contribution in [0.5, 0.6) is 0 Å². The van der Waals surface area contributed by atoms with Crippen molar-refractivity contribution in [3.05, 3.63) is 71.5 Å². The highest BCUT2D eigenvalue weighted by Crippen LogP contribution is 2.14. The van der Waals surface area contributed by atoms with Gasteiger partial charge in [0.15, 0.2) is 5.11 Å². The number of aliphatic hydroxyl groups is 1. The largest absolute Gasteiger partial charge is 0.512 e. The number of nitrogens with one attached hydrogen (secondary N) is 2. The van der Waals surface area contributed by atoms with Crippen LogP contribution in [0, 0.1) is 6.92 Å². The van der Waals surface area contributed by atoms with Crippen molar-refractivity contribution in [3.63, 3.8) is 0 Å². The third kappa shape index (κ3) is 5.54. The van der Waals surface area contributed by atoms with Gasteiger partial charge in [-0.05, 0) is 49.8 Å². The van der Waals surface area contributed by atoms with Gasteiger partial charge in [0.05, 0.1) is 5.57 Å². The molecule has 2 aromatic carbocycles. The van der Waals surface area contributed by atoms with Gasteiger partial charge in [-0.1, -0.05) is 36.4 Å². The third-order valence-electron chi connectivity index (χ3n) is 3.36. The molecule has 2 aromatic rings. The number of nitrogens with zero attached hydrogens (tertiary/aromatic N) is 1. The van der Waals surface area contributed by atoms with Gasteiger partial charge in [0.25, 0.3) is 5.91 Å². The van der Waals surface area contributed by atoms with E-state index in [1.165, 1.54) is 13.1 Å². The van der Waals surface area contributed by atoms with Crippen LogP contribution in [0.1, 0.15) is 12.5 Å². The molecule has 0 aliphatic heterocycles. The van der Waals surface area contributed by atoms with Crippen molar-refractivity contribution < 1.29 is 9.90 Å². The Morgan fingerprint density at radius 1 is 1.08 bits per heavy atom. The molecule has 0 saturated heterocycles. The highest BCUT2D eigenvalue weighted by Gasteiger charge is 2.12. The number of carbonyl (C=O) groups excluding carboxylic acids is 1. The molecule has 0 aromatic heterocycles. The van der Waals surface area contributed by atoms with Crippen molar-refractivity contribution in [1.82, 2.24) is 0 Å². The minimum absolute atomic E-state index is 0.0421. The fraction of sp³-hybridized carbons (Fsp3) is 0.105. The molecule has 5 nitrogen and oxygen atoms in total. The maximum atomic E-state index is 12.4. The van der Waals surface area contributed by atoms with Crippen molar-refractivity contribution in [3.8, 4) is 0 Å². The summed E-state index contributed by atoms with van der Waals surface area (Å²) < 4.78 is 0. The molecule has 0 radical (unpaired) electrons. The molecule has 25 heavy (non-hydrogen) atoms. The van der Waals surface area contributed by atoms with Crippen LogP contribution in [0.3, 0.4) is 0 Å². The first kappa shape index (κ1) is 18.4. The molecule has 0 saturated carbocycles. The third-order valence-corrected chi connectivity index (χ3v) is 3.57. The van der Waals surface area contributed by atoms with Gasteiger partial charge < -0.3 is 15.7 Å². The Morgan fingerprint density at radius 3 is 2.36 bits per heavy atom. The van der Waals surface area contributed by atoms with Crippen LogP contribution >= 0.6 is 12.2 Å². The zero-order valence-corrected chi connectivity index (χ0v) is 14.8. The number of carbonyl (C=O) groups is 1. The maximum Gasteiger partial charge on any atom is 0.260 e. The lowest BCUT2D eigenvalue weighted by Crippen LogP contribution is -2.18. The summed E-state index contributed by atoms with van der Waals surface area (Å²) in [4.78, 5) is 16.4. The van der Waals surface area contributed by atoms with Gasteiger partial charge in [0.2, 0.25) is 0 Å². The summed E-state index contributed by atoms with van der Waals surface area (Å²) in [6, 6.07) is 16.7. The SMILES string of the molecule is C/C(O)=C(\C=N\C(=S)Nc1ccccc1)C(=O)Nc1ccccc1C. The molecule has 0 heterocycles. The molecule has 2 rings (SSSR count). The second-order valence-electron chi connectivity index (χ2n) is 5.32. The highest BCUT2D eigenvalue weighted by molar-refractivity contribution is 7.80. The summed E-state index contributed by atoms with van der Waals surface area (Å²) in [7, 11) is 0. The monoisotopic (exact) mass is 353 g/mol. The number of aliphatic imine (C=N–C) groups is 1. The number of allylic oxidation sites excluding steroid dienone is 1. The topological polar surface area (TPSA) is 73.7 Å². The van der Waals surface area contributed by atoms with E-state index in [0.29, 0.717) is 5.69 Å². The quantitative estimate of drug-likeness (QED) is 0.333. The molecule has 0 spiro atoms. The predicted octanol–water partition coefficient (Wildman–Crippen LogP) is 4.23. The lowest BCUT2D eigenvalue weighted by molar-refractivity contribution is -0.112. The van der Waals surface area contributed by atoms with Gasteiger partial charge >= 0.3 is 0 Å². The minimum Gasteiger partial charge on any atom is -0.512 e. The van der Waals surface area contributed by atoms with Crippen LogP contribution in [-0.4, -0.2) is 22.3 Å². The van der Waals surface area contributed by atoms with Gasteiger partial charge in [-0.3, -0.25) is 4.79 Å². The van der Waals surface area contributed by atoms with Gasteiger partial charge in [-0.25, -0.2) is 4.99 Å². The van der Waals surface area contributed by atoms with Crippen LogP contribution in [0.15, 0.2) is 70.9 Å². The van der Waals surface area contributed by atoms with Gasteiger partial charge in [-0.15, -0.1) is 0 Å². The lowest BCUT2D eigenvalue weighted by atomic mass is 10.2. The fourth-order valence-corrected chi connectivity index (χ4v) is 2.19. The molecule has 128 valence electrons. The summed E-state index contributed by atoms with van der Waals surface area (Å²) in [6.45, 7) is 3.31. The molecule has 0 atom stereocenters. The molecule has 1 amide bonds. The molecule has 0 bridgehead atoms. The average Bonchev–Trinajstić information content (AvgIpc) is 2.57. The average molecular weight is 353 g/mol. The Balaban J connectivity index is 2.08. The van der Waals surface area contributed by atoms with E-state index in [0.717, 1.165) is 11.3 Å². The maximum absolute atomic E-state index is 12.4. The molecule has 0 fully saturated rings. The molecular formula is C19H19N3O2S. The van der Waals surface area contributed by atoms with Crippen molar-refractivity contribution in [2.75, 3.05) is 10.6 Å². The summed E-state index contributed by atoms with van der Waals surface area (Å²) >= 11 is 5.13.